The van der Waals surface area contributed by atoms with Crippen molar-refractivity contribution in [3.8, 4) is 0 Å². The fourth-order valence-electron chi connectivity index (χ4n) is 3.12. The molecule has 1 aromatic carbocycles. The molecule has 1 amide bonds. The number of nitrogens with zero attached hydrogens (tertiary/aromatic N) is 1. The van der Waals surface area contributed by atoms with Crippen LogP contribution in [0.1, 0.15) is 18.4 Å². The van der Waals surface area contributed by atoms with Crippen molar-refractivity contribution in [3.63, 3.8) is 0 Å². The van der Waals surface area contributed by atoms with E-state index >= 15 is 0 Å². The van der Waals surface area contributed by atoms with Gasteiger partial charge in [-0.25, -0.2) is 8.42 Å². The summed E-state index contributed by atoms with van der Waals surface area (Å²) < 4.78 is 27.1. The minimum absolute atomic E-state index is 0.0386. The number of hydrogen-bond acceptors (Lipinski definition) is 4. The zero-order valence-electron chi connectivity index (χ0n) is 11.9. The van der Waals surface area contributed by atoms with Crippen molar-refractivity contribution in [3.05, 3.63) is 23.8 Å². The lowest BCUT2D eigenvalue weighted by atomic mass is 9.93. The van der Waals surface area contributed by atoms with Gasteiger partial charge in [-0.15, -0.1) is 0 Å². The quantitative estimate of drug-likeness (QED) is 0.777. The summed E-state index contributed by atoms with van der Waals surface area (Å²) in [4.78, 5) is 12.0. The zero-order chi connectivity index (χ0) is 15.2. The number of benzene rings is 1. The molecule has 2 atom stereocenters. The molecule has 0 saturated carbocycles. The number of nitrogens with one attached hydrogen (secondary N) is 1. The molecule has 7 heteroatoms. The standard InChI is InChI=1S/C14H19N3O3S/c1-9-4-5-10(7-12(9)15)21(19,20)17-6-2-3-11-13(17)8-16-14(11)18/h4-5,7,11,13H,2-3,6,8,15H2,1H3,(H,16,18). The van der Waals surface area contributed by atoms with E-state index in [0.717, 1.165) is 12.0 Å². The summed E-state index contributed by atoms with van der Waals surface area (Å²) in [5.74, 6) is -0.264. The Labute approximate surface area is 124 Å². The van der Waals surface area contributed by atoms with Crippen LogP contribution >= 0.6 is 0 Å². The molecule has 2 unspecified atom stereocenters. The van der Waals surface area contributed by atoms with Gasteiger partial charge in [0.2, 0.25) is 15.9 Å². The van der Waals surface area contributed by atoms with Crippen molar-refractivity contribution in [2.24, 2.45) is 5.92 Å². The van der Waals surface area contributed by atoms with Crippen LogP contribution in [-0.4, -0.2) is 37.8 Å². The highest BCUT2D eigenvalue weighted by Gasteiger charge is 2.45. The highest BCUT2D eigenvalue weighted by atomic mass is 32.2. The third kappa shape index (κ3) is 2.30. The first-order valence-corrected chi connectivity index (χ1v) is 8.51. The van der Waals surface area contributed by atoms with E-state index in [4.69, 9.17) is 5.73 Å². The Morgan fingerprint density at radius 3 is 2.86 bits per heavy atom. The highest BCUT2D eigenvalue weighted by Crippen LogP contribution is 2.32. The molecule has 1 aromatic rings. The number of nitrogens with two attached hydrogens (primary N) is 1. The summed E-state index contributed by atoms with van der Waals surface area (Å²) in [7, 11) is -3.62. The molecule has 21 heavy (non-hydrogen) atoms. The lowest BCUT2D eigenvalue weighted by Gasteiger charge is -2.34. The topological polar surface area (TPSA) is 92.5 Å². The molecule has 2 heterocycles. The van der Waals surface area contributed by atoms with Crippen LogP contribution in [0, 0.1) is 12.8 Å². The van der Waals surface area contributed by atoms with Gasteiger partial charge in [0.05, 0.1) is 16.9 Å². The molecule has 0 bridgehead atoms. The molecule has 6 nitrogen and oxygen atoms in total. The second-order valence-electron chi connectivity index (χ2n) is 5.70. The van der Waals surface area contributed by atoms with Gasteiger partial charge < -0.3 is 11.1 Å². The average Bonchev–Trinajstić information content (AvgIpc) is 2.83. The van der Waals surface area contributed by atoms with Crippen molar-refractivity contribution in [2.75, 3.05) is 18.8 Å². The number of carbonyl (C=O) groups is 1. The molecule has 2 saturated heterocycles. The lowest BCUT2D eigenvalue weighted by molar-refractivity contribution is -0.123. The summed E-state index contributed by atoms with van der Waals surface area (Å²) in [6.45, 7) is 2.68. The second-order valence-corrected chi connectivity index (χ2v) is 7.59. The third-order valence-electron chi connectivity index (χ3n) is 4.41. The maximum absolute atomic E-state index is 12.8. The third-order valence-corrected chi connectivity index (χ3v) is 6.33. The molecule has 114 valence electrons. The first-order valence-electron chi connectivity index (χ1n) is 7.07. The van der Waals surface area contributed by atoms with E-state index in [9.17, 15) is 13.2 Å². The Bertz CT molecular complexity index is 687. The monoisotopic (exact) mass is 309 g/mol. The van der Waals surface area contributed by atoms with E-state index in [1.165, 1.54) is 10.4 Å². The van der Waals surface area contributed by atoms with Crippen LogP contribution in [0.2, 0.25) is 0 Å². The number of fused-ring (bicyclic) bond motifs is 1. The van der Waals surface area contributed by atoms with E-state index in [-0.39, 0.29) is 22.8 Å². The molecule has 0 aliphatic carbocycles. The summed E-state index contributed by atoms with van der Waals surface area (Å²) in [5.41, 5.74) is 7.14. The Kier molecular flexibility index (Phi) is 3.41. The van der Waals surface area contributed by atoms with Crippen molar-refractivity contribution in [1.82, 2.24) is 9.62 Å². The van der Waals surface area contributed by atoms with Crippen LogP contribution in [0.25, 0.3) is 0 Å². The number of hydrogen-bond donors (Lipinski definition) is 2. The van der Waals surface area contributed by atoms with Crippen LogP contribution in [0.4, 0.5) is 5.69 Å². The number of carbonyl (C=O) groups excluding carboxylic acids is 1. The van der Waals surface area contributed by atoms with E-state index in [0.29, 0.717) is 25.2 Å². The number of nitrogen functional groups attached to an aromatic ring is 1. The van der Waals surface area contributed by atoms with Crippen molar-refractivity contribution in [2.45, 2.75) is 30.7 Å². The molecule has 2 aliphatic heterocycles. The van der Waals surface area contributed by atoms with Gasteiger partial charge in [0.1, 0.15) is 0 Å². The molecule has 2 aliphatic rings. The summed E-state index contributed by atoms with van der Waals surface area (Å²) in [5, 5.41) is 2.77. The van der Waals surface area contributed by atoms with Gasteiger partial charge in [0.25, 0.3) is 0 Å². The molecule has 2 fully saturated rings. The van der Waals surface area contributed by atoms with Crippen LogP contribution in [0.3, 0.4) is 0 Å². The maximum Gasteiger partial charge on any atom is 0.243 e. The summed E-state index contributed by atoms with van der Waals surface area (Å²) >= 11 is 0. The minimum atomic E-state index is -3.62. The Morgan fingerprint density at radius 2 is 2.14 bits per heavy atom. The maximum atomic E-state index is 12.8. The smallest absolute Gasteiger partial charge is 0.243 e. The van der Waals surface area contributed by atoms with Gasteiger partial charge in [-0.05, 0) is 37.5 Å². The highest BCUT2D eigenvalue weighted by molar-refractivity contribution is 7.89. The van der Waals surface area contributed by atoms with Gasteiger partial charge in [0.15, 0.2) is 0 Å². The number of sulfonamides is 1. The summed E-state index contributed by atoms with van der Waals surface area (Å²) in [6.07, 6.45) is 1.45. The fraction of sp³-hybridized carbons (Fsp3) is 0.500. The van der Waals surface area contributed by atoms with E-state index in [1.807, 2.05) is 6.92 Å². The van der Waals surface area contributed by atoms with Crippen LogP contribution < -0.4 is 11.1 Å². The molecule has 0 aromatic heterocycles. The van der Waals surface area contributed by atoms with E-state index in [1.54, 1.807) is 12.1 Å². The molecule has 3 rings (SSSR count). The van der Waals surface area contributed by atoms with Crippen molar-refractivity contribution >= 4 is 21.6 Å². The molecule has 0 radical (unpaired) electrons. The normalized spacial score (nSPS) is 26.4. The van der Waals surface area contributed by atoms with Gasteiger partial charge in [-0.1, -0.05) is 6.07 Å². The van der Waals surface area contributed by atoms with Crippen molar-refractivity contribution in [1.29, 1.82) is 0 Å². The second kappa shape index (κ2) is 4.99. The SMILES string of the molecule is Cc1ccc(S(=O)(=O)N2CCCC3C(=O)NCC32)cc1N. The zero-order valence-corrected chi connectivity index (χ0v) is 12.7. The molecule has 3 N–H and O–H groups in total. The van der Waals surface area contributed by atoms with Gasteiger partial charge in [-0.2, -0.15) is 4.31 Å². The molecular formula is C14H19N3O3S. The van der Waals surface area contributed by atoms with Crippen LogP contribution in [0.15, 0.2) is 23.1 Å². The fourth-order valence-corrected chi connectivity index (χ4v) is 4.86. The lowest BCUT2D eigenvalue weighted by Crippen LogP contribution is -2.48. The largest absolute Gasteiger partial charge is 0.398 e. The molecular weight excluding hydrogens is 290 g/mol. The van der Waals surface area contributed by atoms with Crippen LogP contribution in [0.5, 0.6) is 0 Å². The Morgan fingerprint density at radius 1 is 1.38 bits per heavy atom. The average molecular weight is 309 g/mol. The van der Waals surface area contributed by atoms with Crippen molar-refractivity contribution < 1.29 is 13.2 Å². The Hall–Kier alpha value is -1.60. The first-order chi connectivity index (χ1) is 9.91. The first kappa shape index (κ1) is 14.3. The Balaban J connectivity index is 1.97. The van der Waals surface area contributed by atoms with Gasteiger partial charge in [0, 0.05) is 18.8 Å². The number of rotatable bonds is 2. The van der Waals surface area contributed by atoms with E-state index in [2.05, 4.69) is 5.32 Å². The number of piperidine rings is 1. The van der Waals surface area contributed by atoms with Gasteiger partial charge in [-0.3, -0.25) is 4.79 Å². The van der Waals surface area contributed by atoms with E-state index < -0.39 is 10.0 Å². The van der Waals surface area contributed by atoms with Gasteiger partial charge >= 0.3 is 0 Å². The minimum Gasteiger partial charge on any atom is -0.398 e. The number of aryl methyl sites for hydroxylation is 1. The number of anilines is 1. The predicted octanol–water partition coefficient (Wildman–Crippen LogP) is 0.476. The summed E-state index contributed by atoms with van der Waals surface area (Å²) in [6, 6.07) is 4.51. The molecule has 0 spiro atoms. The predicted molar refractivity (Wildman–Crippen MR) is 79.0 cm³/mol. The number of amides is 1. The van der Waals surface area contributed by atoms with Crippen LogP contribution in [-0.2, 0) is 14.8 Å².